The Bertz CT molecular complexity index is 274. The second-order valence-electron chi connectivity index (χ2n) is 5.81. The van der Waals surface area contributed by atoms with E-state index in [-0.39, 0.29) is 12.4 Å². The van der Waals surface area contributed by atoms with Crippen LogP contribution >= 0.6 is 35.9 Å². The number of hydrogen-bond donors (Lipinski definition) is 2. The third kappa shape index (κ3) is 4.68. The van der Waals surface area contributed by atoms with Gasteiger partial charge in [-0.3, -0.25) is 0 Å². The molecule has 0 aromatic rings. The van der Waals surface area contributed by atoms with E-state index in [1.165, 1.54) is 43.1 Å². The normalized spacial score (nSPS) is 38.4. The van der Waals surface area contributed by atoms with Gasteiger partial charge in [-0.1, -0.05) is 6.42 Å². The van der Waals surface area contributed by atoms with E-state index in [9.17, 15) is 0 Å². The largest absolute Gasteiger partial charge is 0.379 e. The maximum atomic E-state index is 5.64. The summed E-state index contributed by atoms with van der Waals surface area (Å²) >= 11 is 4.28. The van der Waals surface area contributed by atoms with Crippen molar-refractivity contribution in [3.05, 3.63) is 0 Å². The third-order valence-electron chi connectivity index (χ3n) is 4.53. The van der Waals surface area contributed by atoms with Gasteiger partial charge in [0.15, 0.2) is 0 Å². The molecule has 0 spiro atoms. The quantitative estimate of drug-likeness (QED) is 0.819. The Morgan fingerprint density at radius 1 is 1.25 bits per heavy atom. The topological polar surface area (TPSA) is 33.3 Å². The van der Waals surface area contributed by atoms with Crippen LogP contribution < -0.4 is 10.6 Å². The molecule has 3 rings (SSSR count). The van der Waals surface area contributed by atoms with Gasteiger partial charge < -0.3 is 15.4 Å². The number of morpholine rings is 1. The van der Waals surface area contributed by atoms with Gasteiger partial charge in [0, 0.05) is 47.7 Å². The molecule has 2 heterocycles. The van der Waals surface area contributed by atoms with Crippen LogP contribution in [0.3, 0.4) is 0 Å². The van der Waals surface area contributed by atoms with Crippen LogP contribution in [0.4, 0.5) is 0 Å². The molecule has 0 bridgehead atoms. The number of rotatable bonds is 4. The van der Waals surface area contributed by atoms with E-state index >= 15 is 0 Å². The van der Waals surface area contributed by atoms with Crippen molar-refractivity contribution in [1.29, 1.82) is 0 Å². The van der Waals surface area contributed by atoms with Crippen molar-refractivity contribution in [2.24, 2.45) is 5.92 Å². The zero-order valence-electron chi connectivity index (χ0n) is 12.0. The van der Waals surface area contributed by atoms with Crippen molar-refractivity contribution >= 4 is 35.9 Å². The molecule has 0 aromatic heterocycles. The van der Waals surface area contributed by atoms with E-state index in [1.807, 2.05) is 0 Å². The van der Waals surface area contributed by atoms with Crippen LogP contribution in [0.25, 0.3) is 0 Å². The van der Waals surface area contributed by atoms with Crippen molar-refractivity contribution in [3.63, 3.8) is 0 Å². The molecule has 4 atom stereocenters. The van der Waals surface area contributed by atoms with Crippen molar-refractivity contribution in [2.75, 3.05) is 43.6 Å². The number of halogens is 1. The Morgan fingerprint density at radius 2 is 2.20 bits per heavy atom. The zero-order chi connectivity index (χ0) is 12.9. The lowest BCUT2D eigenvalue weighted by molar-refractivity contribution is 0.0526. The third-order valence-corrected chi connectivity index (χ3v) is 7.37. The summed E-state index contributed by atoms with van der Waals surface area (Å²) in [7, 11) is 0. The van der Waals surface area contributed by atoms with Crippen LogP contribution in [0.5, 0.6) is 0 Å². The second-order valence-corrected chi connectivity index (χ2v) is 8.37. The van der Waals surface area contributed by atoms with Gasteiger partial charge in [0.1, 0.15) is 0 Å². The molecule has 2 saturated heterocycles. The first-order valence-electron chi connectivity index (χ1n) is 7.67. The lowest BCUT2D eigenvalue weighted by atomic mass is 9.94. The predicted molar refractivity (Wildman–Crippen MR) is 92.6 cm³/mol. The number of hydrogen-bond acceptors (Lipinski definition) is 5. The van der Waals surface area contributed by atoms with Crippen molar-refractivity contribution < 1.29 is 4.74 Å². The van der Waals surface area contributed by atoms with E-state index in [2.05, 4.69) is 34.2 Å². The Hall–Kier alpha value is 0.870. The summed E-state index contributed by atoms with van der Waals surface area (Å²) in [4.78, 5) is 0. The maximum absolute atomic E-state index is 5.64. The molecule has 0 amide bonds. The van der Waals surface area contributed by atoms with E-state index in [0.717, 1.165) is 30.9 Å². The molecule has 3 nitrogen and oxygen atoms in total. The molecule has 1 saturated carbocycles. The first kappa shape index (κ1) is 17.2. The number of ether oxygens (including phenoxy) is 1. The van der Waals surface area contributed by atoms with Gasteiger partial charge in [-0.05, 0) is 18.8 Å². The fourth-order valence-corrected chi connectivity index (χ4v) is 6.15. The van der Waals surface area contributed by atoms with Crippen LogP contribution in [-0.4, -0.2) is 60.9 Å². The van der Waals surface area contributed by atoms with E-state index in [0.29, 0.717) is 12.1 Å². The summed E-state index contributed by atoms with van der Waals surface area (Å²) in [6, 6.07) is 1.30. The van der Waals surface area contributed by atoms with Crippen LogP contribution in [-0.2, 0) is 4.74 Å². The highest BCUT2D eigenvalue weighted by Gasteiger charge is 2.34. The highest BCUT2D eigenvalue weighted by atomic mass is 35.5. The minimum absolute atomic E-state index is 0. The SMILES string of the molecule is C1CC(NCC2CSCCS2)C(C2COCCN2)C1.Cl. The van der Waals surface area contributed by atoms with Gasteiger partial charge in [0.2, 0.25) is 0 Å². The van der Waals surface area contributed by atoms with Crippen molar-refractivity contribution in [1.82, 2.24) is 10.6 Å². The van der Waals surface area contributed by atoms with Crippen molar-refractivity contribution in [2.45, 2.75) is 36.6 Å². The van der Waals surface area contributed by atoms with Gasteiger partial charge in [-0.25, -0.2) is 0 Å². The fraction of sp³-hybridized carbons (Fsp3) is 1.00. The van der Waals surface area contributed by atoms with Gasteiger partial charge in [0.25, 0.3) is 0 Å². The lowest BCUT2D eigenvalue weighted by Crippen LogP contribution is -2.51. The summed E-state index contributed by atoms with van der Waals surface area (Å²) in [5.74, 6) is 4.79. The number of nitrogens with one attached hydrogen (secondary N) is 2. The molecule has 1 aliphatic carbocycles. The summed E-state index contributed by atoms with van der Waals surface area (Å²) in [6.07, 6.45) is 4.10. The predicted octanol–water partition coefficient (Wildman–Crippen LogP) is 2.00. The highest BCUT2D eigenvalue weighted by molar-refractivity contribution is 8.06. The van der Waals surface area contributed by atoms with Gasteiger partial charge in [-0.2, -0.15) is 23.5 Å². The zero-order valence-corrected chi connectivity index (χ0v) is 14.5. The van der Waals surface area contributed by atoms with Crippen LogP contribution in [0.1, 0.15) is 19.3 Å². The van der Waals surface area contributed by atoms with Crippen LogP contribution in [0, 0.1) is 5.92 Å². The van der Waals surface area contributed by atoms with Crippen LogP contribution in [0.2, 0.25) is 0 Å². The van der Waals surface area contributed by atoms with Crippen molar-refractivity contribution in [3.8, 4) is 0 Å². The molecule has 0 aromatic carbocycles. The molecular weight excluding hydrogens is 312 g/mol. The Morgan fingerprint density at radius 3 is 2.95 bits per heavy atom. The highest BCUT2D eigenvalue weighted by Crippen LogP contribution is 2.30. The first-order chi connectivity index (χ1) is 9.43. The molecule has 3 fully saturated rings. The molecule has 2 N–H and O–H groups in total. The maximum Gasteiger partial charge on any atom is 0.0623 e. The second kappa shape index (κ2) is 9.11. The average Bonchev–Trinajstić information content (AvgIpc) is 2.95. The Balaban J connectivity index is 0.00000147. The summed E-state index contributed by atoms with van der Waals surface area (Å²) in [6.45, 7) is 4.03. The lowest BCUT2D eigenvalue weighted by Gasteiger charge is -2.34. The standard InChI is InChI=1S/C14H26N2OS2.ClH/c1-2-12(14-9-17-5-4-15-14)13(3-1)16-8-11-10-18-6-7-19-11;/h11-16H,1-10H2;1H. The van der Waals surface area contributed by atoms with E-state index in [4.69, 9.17) is 4.74 Å². The fourth-order valence-electron chi connectivity index (χ4n) is 3.52. The van der Waals surface area contributed by atoms with Gasteiger partial charge in [0.05, 0.1) is 13.2 Å². The van der Waals surface area contributed by atoms with Gasteiger partial charge >= 0.3 is 0 Å². The molecule has 4 unspecified atom stereocenters. The Kier molecular flexibility index (Phi) is 7.85. The molecule has 6 heteroatoms. The average molecular weight is 339 g/mol. The number of thioether (sulfide) groups is 2. The molecule has 2 aliphatic heterocycles. The first-order valence-corrected chi connectivity index (χ1v) is 9.87. The minimum Gasteiger partial charge on any atom is -0.379 e. The van der Waals surface area contributed by atoms with Gasteiger partial charge in [-0.15, -0.1) is 12.4 Å². The molecule has 3 aliphatic rings. The molecular formula is C14H27ClN2OS2. The monoisotopic (exact) mass is 338 g/mol. The molecule has 118 valence electrons. The summed E-state index contributed by atoms with van der Waals surface area (Å²) in [5, 5.41) is 8.35. The van der Waals surface area contributed by atoms with E-state index in [1.54, 1.807) is 0 Å². The van der Waals surface area contributed by atoms with Crippen LogP contribution in [0.15, 0.2) is 0 Å². The summed E-state index contributed by atoms with van der Waals surface area (Å²) in [5.41, 5.74) is 0. The van der Waals surface area contributed by atoms with E-state index < -0.39 is 0 Å². The molecule has 20 heavy (non-hydrogen) atoms. The molecule has 0 radical (unpaired) electrons. The smallest absolute Gasteiger partial charge is 0.0623 e. The minimum atomic E-state index is 0. The summed E-state index contributed by atoms with van der Waals surface area (Å²) < 4.78 is 5.64. The Labute approximate surface area is 137 Å².